The predicted octanol–water partition coefficient (Wildman–Crippen LogP) is 2.91. The lowest BCUT2D eigenvalue weighted by atomic mass is 10.2. The molecule has 8 nitrogen and oxygen atoms in total. The molecule has 0 bridgehead atoms. The Kier molecular flexibility index (Phi) is 4.38. The molecular formula is C13H13Cl2N5O3. The highest BCUT2D eigenvalue weighted by Crippen LogP contribution is 2.39. The van der Waals surface area contributed by atoms with Crippen LogP contribution in [-0.2, 0) is 4.74 Å². The number of aryl methyl sites for hydroxylation is 1. The third-order valence-corrected chi connectivity index (χ3v) is 4.07. The van der Waals surface area contributed by atoms with Gasteiger partial charge in [0, 0.05) is 18.7 Å². The number of benzene rings is 1. The molecule has 1 aliphatic heterocycles. The first kappa shape index (κ1) is 16.0. The Hall–Kier alpha value is -1.90. The number of non-ortho nitro benzene ring substituents is 1. The van der Waals surface area contributed by atoms with E-state index in [1.165, 1.54) is 12.1 Å². The second-order valence-electron chi connectivity index (χ2n) is 5.10. The van der Waals surface area contributed by atoms with Crippen LogP contribution in [-0.4, -0.2) is 39.8 Å². The molecule has 1 N–H and O–H groups in total. The number of hydrogen-bond donors (Lipinski definition) is 1. The molecule has 1 atom stereocenters. The molecule has 0 radical (unpaired) electrons. The number of aromatic nitrogens is 3. The zero-order chi connectivity index (χ0) is 16.6. The summed E-state index contributed by atoms with van der Waals surface area (Å²) >= 11 is 12.4. The molecule has 1 aromatic carbocycles. The van der Waals surface area contributed by atoms with Crippen molar-refractivity contribution in [1.82, 2.24) is 15.2 Å². The van der Waals surface area contributed by atoms with Gasteiger partial charge < -0.3 is 9.64 Å². The van der Waals surface area contributed by atoms with Crippen LogP contribution < -0.4 is 4.90 Å². The number of anilines is 1. The molecule has 0 saturated carbocycles. The van der Waals surface area contributed by atoms with E-state index in [-0.39, 0.29) is 21.8 Å². The van der Waals surface area contributed by atoms with Crippen molar-refractivity contribution in [2.24, 2.45) is 0 Å². The summed E-state index contributed by atoms with van der Waals surface area (Å²) < 4.78 is 5.69. The van der Waals surface area contributed by atoms with Gasteiger partial charge in [0.1, 0.15) is 11.9 Å². The van der Waals surface area contributed by atoms with E-state index in [0.717, 1.165) is 0 Å². The van der Waals surface area contributed by atoms with Crippen LogP contribution in [0.5, 0.6) is 0 Å². The summed E-state index contributed by atoms with van der Waals surface area (Å²) in [6, 6.07) is 2.59. The van der Waals surface area contributed by atoms with Crippen molar-refractivity contribution in [3.05, 3.63) is 43.9 Å². The highest BCUT2D eigenvalue weighted by molar-refractivity contribution is 6.39. The number of rotatable bonds is 3. The van der Waals surface area contributed by atoms with Gasteiger partial charge in [-0.1, -0.05) is 23.2 Å². The van der Waals surface area contributed by atoms with Gasteiger partial charge in [0.2, 0.25) is 0 Å². The van der Waals surface area contributed by atoms with Gasteiger partial charge in [0.25, 0.3) is 5.69 Å². The maximum absolute atomic E-state index is 10.9. The highest BCUT2D eigenvalue weighted by atomic mass is 35.5. The molecular weight excluding hydrogens is 345 g/mol. The van der Waals surface area contributed by atoms with Crippen LogP contribution in [0.4, 0.5) is 11.4 Å². The first-order valence-electron chi connectivity index (χ1n) is 6.84. The average molecular weight is 358 g/mol. The minimum absolute atomic E-state index is 0.141. The topological polar surface area (TPSA) is 97.2 Å². The normalized spacial score (nSPS) is 18.2. The maximum atomic E-state index is 10.9. The summed E-state index contributed by atoms with van der Waals surface area (Å²) in [6.07, 6.45) is -0.323. The molecule has 0 spiro atoms. The lowest BCUT2D eigenvalue weighted by Crippen LogP contribution is -2.39. The fourth-order valence-corrected chi connectivity index (χ4v) is 3.19. The standard InChI is InChI=1S/C13H13Cl2N5O3/c1-7-16-13(18-17-7)11-6-19(2-3-23-11)12-9(14)4-8(20(21)22)5-10(12)15/h4-5,11H,2-3,6H2,1H3,(H,16,17,18). The fraction of sp³-hybridized carbons (Fsp3) is 0.385. The number of nitro groups is 1. The van der Waals surface area contributed by atoms with Crippen molar-refractivity contribution < 1.29 is 9.66 Å². The number of nitrogens with one attached hydrogen (secondary N) is 1. The maximum Gasteiger partial charge on any atom is 0.272 e. The molecule has 2 aromatic rings. The molecule has 1 aliphatic rings. The second kappa shape index (κ2) is 6.31. The number of hydrogen-bond acceptors (Lipinski definition) is 6. The summed E-state index contributed by atoms with van der Waals surface area (Å²) in [5.74, 6) is 1.26. The number of ether oxygens (including phenoxy) is 1. The van der Waals surface area contributed by atoms with Gasteiger partial charge in [-0.3, -0.25) is 15.2 Å². The minimum atomic E-state index is -0.528. The number of aromatic amines is 1. The van der Waals surface area contributed by atoms with Gasteiger partial charge >= 0.3 is 0 Å². The Bertz CT molecular complexity index is 728. The predicted molar refractivity (Wildman–Crippen MR) is 85.1 cm³/mol. The van der Waals surface area contributed by atoms with E-state index in [1.807, 2.05) is 4.90 Å². The van der Waals surface area contributed by atoms with Gasteiger partial charge in [-0.2, -0.15) is 5.10 Å². The van der Waals surface area contributed by atoms with Gasteiger partial charge in [-0.05, 0) is 6.92 Å². The third-order valence-electron chi connectivity index (χ3n) is 3.50. The first-order chi connectivity index (χ1) is 11.0. The van der Waals surface area contributed by atoms with Crippen LogP contribution in [0.25, 0.3) is 0 Å². The van der Waals surface area contributed by atoms with Crippen LogP contribution in [0, 0.1) is 17.0 Å². The number of H-pyrrole nitrogens is 1. The van der Waals surface area contributed by atoms with Crippen LogP contribution >= 0.6 is 23.2 Å². The van der Waals surface area contributed by atoms with Gasteiger partial charge in [0.05, 0.1) is 33.8 Å². The van der Waals surface area contributed by atoms with E-state index in [2.05, 4.69) is 15.2 Å². The van der Waals surface area contributed by atoms with Gasteiger partial charge in [0.15, 0.2) is 5.82 Å². The van der Waals surface area contributed by atoms with Crippen LogP contribution in [0.2, 0.25) is 10.0 Å². The molecule has 1 saturated heterocycles. The lowest BCUT2D eigenvalue weighted by Gasteiger charge is -2.34. The smallest absolute Gasteiger partial charge is 0.272 e. The quantitative estimate of drug-likeness (QED) is 0.669. The Morgan fingerprint density at radius 2 is 2.13 bits per heavy atom. The van der Waals surface area contributed by atoms with Gasteiger partial charge in [-0.15, -0.1) is 0 Å². The second-order valence-corrected chi connectivity index (χ2v) is 5.91. The zero-order valence-corrected chi connectivity index (χ0v) is 13.6. The van der Waals surface area contributed by atoms with E-state index < -0.39 is 4.92 Å². The molecule has 23 heavy (non-hydrogen) atoms. The van der Waals surface area contributed by atoms with Crippen molar-refractivity contribution in [2.75, 3.05) is 24.6 Å². The third kappa shape index (κ3) is 3.24. The highest BCUT2D eigenvalue weighted by Gasteiger charge is 2.28. The summed E-state index contributed by atoms with van der Waals surface area (Å²) in [5.41, 5.74) is 0.414. The van der Waals surface area contributed by atoms with Crippen LogP contribution in [0.1, 0.15) is 17.8 Å². The van der Waals surface area contributed by atoms with Crippen molar-refractivity contribution in [1.29, 1.82) is 0 Å². The van der Waals surface area contributed by atoms with Crippen molar-refractivity contribution >= 4 is 34.6 Å². The molecule has 122 valence electrons. The van der Waals surface area contributed by atoms with Crippen LogP contribution in [0.3, 0.4) is 0 Å². The van der Waals surface area contributed by atoms with Crippen LogP contribution in [0.15, 0.2) is 12.1 Å². The average Bonchev–Trinajstić information content (AvgIpc) is 2.93. The Labute approximate surface area is 141 Å². The Balaban J connectivity index is 1.88. The summed E-state index contributed by atoms with van der Waals surface area (Å²) in [6.45, 7) is 3.27. The number of nitrogens with zero attached hydrogens (tertiary/aromatic N) is 4. The molecule has 3 rings (SSSR count). The number of nitro benzene ring substituents is 1. The Morgan fingerprint density at radius 3 is 2.70 bits per heavy atom. The largest absolute Gasteiger partial charge is 0.366 e. The SMILES string of the molecule is Cc1nc(C2CN(c3c(Cl)cc([N+](=O)[O-])cc3Cl)CCO2)n[nH]1. The van der Waals surface area contributed by atoms with Crippen molar-refractivity contribution in [3.8, 4) is 0 Å². The number of halogens is 2. The zero-order valence-electron chi connectivity index (χ0n) is 12.1. The monoisotopic (exact) mass is 357 g/mol. The van der Waals surface area contributed by atoms with Gasteiger partial charge in [-0.25, -0.2) is 4.98 Å². The summed E-state index contributed by atoms with van der Waals surface area (Å²) in [4.78, 5) is 16.5. The molecule has 1 fully saturated rings. The Morgan fingerprint density at radius 1 is 1.43 bits per heavy atom. The lowest BCUT2D eigenvalue weighted by molar-refractivity contribution is -0.384. The van der Waals surface area contributed by atoms with E-state index in [9.17, 15) is 10.1 Å². The van der Waals surface area contributed by atoms with E-state index in [4.69, 9.17) is 27.9 Å². The molecule has 0 amide bonds. The fourth-order valence-electron chi connectivity index (χ4n) is 2.47. The van der Waals surface area contributed by atoms with E-state index in [1.54, 1.807) is 6.92 Å². The van der Waals surface area contributed by atoms with Crippen molar-refractivity contribution in [3.63, 3.8) is 0 Å². The summed E-state index contributed by atoms with van der Waals surface area (Å²) in [7, 11) is 0. The summed E-state index contributed by atoms with van der Waals surface area (Å²) in [5, 5.41) is 18.2. The van der Waals surface area contributed by atoms with E-state index in [0.29, 0.717) is 37.0 Å². The molecule has 0 aliphatic carbocycles. The minimum Gasteiger partial charge on any atom is -0.366 e. The number of morpholine rings is 1. The molecule has 1 aromatic heterocycles. The molecule has 10 heteroatoms. The molecule has 2 heterocycles. The first-order valence-corrected chi connectivity index (χ1v) is 7.60. The van der Waals surface area contributed by atoms with Crippen molar-refractivity contribution in [2.45, 2.75) is 13.0 Å². The molecule has 1 unspecified atom stereocenters. The van der Waals surface area contributed by atoms with E-state index >= 15 is 0 Å².